The van der Waals surface area contributed by atoms with Crippen molar-refractivity contribution in [3.8, 4) is 5.75 Å². The Morgan fingerprint density at radius 3 is 2.80 bits per heavy atom. The van der Waals surface area contributed by atoms with Crippen molar-refractivity contribution in [1.29, 1.82) is 0 Å². The lowest BCUT2D eigenvalue weighted by Gasteiger charge is -2.23. The van der Waals surface area contributed by atoms with Crippen molar-refractivity contribution >= 4 is 0 Å². The molecular weight excluding hydrogens is 257 g/mol. The molecule has 0 bridgehead atoms. The van der Waals surface area contributed by atoms with E-state index in [0.29, 0.717) is 25.0 Å². The van der Waals surface area contributed by atoms with Gasteiger partial charge in [0, 0.05) is 18.9 Å². The average molecular weight is 279 g/mol. The molecular formula is C16H22FNO2. The van der Waals surface area contributed by atoms with Crippen LogP contribution in [0.1, 0.15) is 31.2 Å². The lowest BCUT2D eigenvalue weighted by Crippen LogP contribution is -2.26. The SMILES string of the molecule is Fc1cc(CC2CCCN2)ccc1OC1CCOCC1. The Labute approximate surface area is 119 Å². The van der Waals surface area contributed by atoms with Gasteiger partial charge in [-0.15, -0.1) is 0 Å². The minimum absolute atomic E-state index is 0.0839. The molecule has 0 aromatic heterocycles. The van der Waals surface area contributed by atoms with Crippen LogP contribution >= 0.6 is 0 Å². The molecule has 0 amide bonds. The third kappa shape index (κ3) is 3.49. The van der Waals surface area contributed by atoms with Gasteiger partial charge in [0.2, 0.25) is 0 Å². The second kappa shape index (κ2) is 6.55. The van der Waals surface area contributed by atoms with E-state index in [9.17, 15) is 4.39 Å². The number of hydrogen-bond donors (Lipinski definition) is 1. The molecule has 0 aliphatic carbocycles. The summed E-state index contributed by atoms with van der Waals surface area (Å²) in [6.07, 6.45) is 5.06. The summed E-state index contributed by atoms with van der Waals surface area (Å²) in [6.45, 7) is 2.49. The van der Waals surface area contributed by atoms with Crippen molar-refractivity contribution in [1.82, 2.24) is 5.32 Å². The molecule has 4 heteroatoms. The largest absolute Gasteiger partial charge is 0.487 e. The maximum absolute atomic E-state index is 14.1. The number of ether oxygens (including phenoxy) is 2. The average Bonchev–Trinajstić information content (AvgIpc) is 2.96. The van der Waals surface area contributed by atoms with Crippen LogP contribution < -0.4 is 10.1 Å². The fourth-order valence-electron chi connectivity index (χ4n) is 2.96. The maximum Gasteiger partial charge on any atom is 0.165 e. The van der Waals surface area contributed by atoms with E-state index in [1.807, 2.05) is 6.07 Å². The summed E-state index contributed by atoms with van der Waals surface area (Å²) in [5.41, 5.74) is 1.04. The number of nitrogens with one attached hydrogen (secondary N) is 1. The number of rotatable bonds is 4. The first kappa shape index (κ1) is 13.8. The van der Waals surface area contributed by atoms with Gasteiger partial charge in [0.15, 0.2) is 11.6 Å². The van der Waals surface area contributed by atoms with Gasteiger partial charge in [-0.05, 0) is 43.5 Å². The van der Waals surface area contributed by atoms with E-state index in [0.717, 1.165) is 31.4 Å². The lowest BCUT2D eigenvalue weighted by molar-refractivity contribution is 0.0240. The molecule has 2 aliphatic heterocycles. The van der Waals surface area contributed by atoms with Crippen LogP contribution in [0.5, 0.6) is 5.75 Å². The second-order valence-electron chi connectivity index (χ2n) is 5.69. The van der Waals surface area contributed by atoms with Crippen LogP contribution in [0.4, 0.5) is 4.39 Å². The van der Waals surface area contributed by atoms with Crippen molar-refractivity contribution in [2.75, 3.05) is 19.8 Å². The van der Waals surface area contributed by atoms with E-state index in [1.165, 1.54) is 12.8 Å². The highest BCUT2D eigenvalue weighted by atomic mass is 19.1. The van der Waals surface area contributed by atoms with Gasteiger partial charge in [-0.25, -0.2) is 4.39 Å². The van der Waals surface area contributed by atoms with Gasteiger partial charge in [0.25, 0.3) is 0 Å². The molecule has 3 rings (SSSR count). The molecule has 1 atom stereocenters. The van der Waals surface area contributed by atoms with Crippen LogP contribution in [0.15, 0.2) is 18.2 Å². The van der Waals surface area contributed by atoms with Crippen LogP contribution in [0, 0.1) is 5.82 Å². The molecule has 20 heavy (non-hydrogen) atoms. The summed E-state index contributed by atoms with van der Waals surface area (Å²) in [4.78, 5) is 0. The van der Waals surface area contributed by atoms with E-state index in [2.05, 4.69) is 5.32 Å². The molecule has 0 saturated carbocycles. The van der Waals surface area contributed by atoms with Crippen LogP contribution in [-0.2, 0) is 11.2 Å². The molecule has 1 aromatic rings. The van der Waals surface area contributed by atoms with Gasteiger partial charge in [0.05, 0.1) is 13.2 Å². The molecule has 2 aliphatic rings. The highest BCUT2D eigenvalue weighted by molar-refractivity contribution is 5.30. The molecule has 3 nitrogen and oxygen atoms in total. The summed E-state index contributed by atoms with van der Waals surface area (Å²) in [5.74, 6) is 0.131. The molecule has 0 radical (unpaired) electrons. The van der Waals surface area contributed by atoms with Crippen molar-refractivity contribution < 1.29 is 13.9 Å². The standard InChI is InChI=1S/C16H22FNO2/c17-15-11-12(10-13-2-1-7-18-13)3-4-16(15)20-14-5-8-19-9-6-14/h3-4,11,13-14,18H,1-2,5-10H2. The Morgan fingerprint density at radius 2 is 2.10 bits per heavy atom. The first-order chi connectivity index (χ1) is 9.81. The summed E-state index contributed by atoms with van der Waals surface area (Å²) in [6, 6.07) is 5.87. The second-order valence-corrected chi connectivity index (χ2v) is 5.69. The number of benzene rings is 1. The third-order valence-electron chi connectivity index (χ3n) is 4.10. The fourth-order valence-corrected chi connectivity index (χ4v) is 2.96. The van der Waals surface area contributed by atoms with Crippen LogP contribution in [0.25, 0.3) is 0 Å². The Kier molecular flexibility index (Phi) is 4.53. The Bertz CT molecular complexity index is 440. The van der Waals surface area contributed by atoms with Crippen LogP contribution in [-0.4, -0.2) is 31.9 Å². The smallest absolute Gasteiger partial charge is 0.165 e. The van der Waals surface area contributed by atoms with Gasteiger partial charge in [-0.1, -0.05) is 6.07 Å². The summed E-state index contributed by atoms with van der Waals surface area (Å²) in [7, 11) is 0. The van der Waals surface area contributed by atoms with E-state index < -0.39 is 0 Å². The normalized spacial score (nSPS) is 23.9. The van der Waals surface area contributed by atoms with E-state index in [-0.39, 0.29) is 11.9 Å². The summed E-state index contributed by atoms with van der Waals surface area (Å²) < 4.78 is 25.1. The Morgan fingerprint density at radius 1 is 1.25 bits per heavy atom. The van der Waals surface area contributed by atoms with E-state index >= 15 is 0 Å². The van der Waals surface area contributed by atoms with Gasteiger partial charge >= 0.3 is 0 Å². The van der Waals surface area contributed by atoms with Gasteiger partial charge in [0.1, 0.15) is 6.10 Å². The molecule has 2 saturated heterocycles. The first-order valence-electron chi connectivity index (χ1n) is 7.57. The number of halogens is 1. The molecule has 110 valence electrons. The first-order valence-corrected chi connectivity index (χ1v) is 7.57. The monoisotopic (exact) mass is 279 g/mol. The van der Waals surface area contributed by atoms with Crippen molar-refractivity contribution in [2.45, 2.75) is 44.2 Å². The predicted molar refractivity (Wildman–Crippen MR) is 75.6 cm³/mol. The van der Waals surface area contributed by atoms with Gasteiger partial charge < -0.3 is 14.8 Å². The fraction of sp³-hybridized carbons (Fsp3) is 0.625. The van der Waals surface area contributed by atoms with Crippen molar-refractivity contribution in [3.63, 3.8) is 0 Å². The van der Waals surface area contributed by atoms with Crippen LogP contribution in [0.2, 0.25) is 0 Å². The highest BCUT2D eigenvalue weighted by Gasteiger charge is 2.18. The van der Waals surface area contributed by atoms with Gasteiger partial charge in [-0.2, -0.15) is 0 Å². The van der Waals surface area contributed by atoms with Crippen molar-refractivity contribution in [3.05, 3.63) is 29.6 Å². The molecule has 0 spiro atoms. The molecule has 1 aromatic carbocycles. The zero-order valence-corrected chi connectivity index (χ0v) is 11.7. The van der Waals surface area contributed by atoms with E-state index in [1.54, 1.807) is 12.1 Å². The highest BCUT2D eigenvalue weighted by Crippen LogP contribution is 2.24. The molecule has 2 heterocycles. The predicted octanol–water partition coefficient (Wildman–Crippen LogP) is 2.68. The topological polar surface area (TPSA) is 30.5 Å². The van der Waals surface area contributed by atoms with Gasteiger partial charge in [-0.3, -0.25) is 0 Å². The quantitative estimate of drug-likeness (QED) is 0.919. The summed E-state index contributed by atoms with van der Waals surface area (Å²) >= 11 is 0. The number of hydrogen-bond acceptors (Lipinski definition) is 3. The Hall–Kier alpha value is -1.13. The molecule has 2 fully saturated rings. The summed E-state index contributed by atoms with van der Waals surface area (Å²) in [5, 5.41) is 3.44. The zero-order valence-electron chi connectivity index (χ0n) is 11.7. The van der Waals surface area contributed by atoms with E-state index in [4.69, 9.17) is 9.47 Å². The Balaban J connectivity index is 1.60. The minimum Gasteiger partial charge on any atom is -0.487 e. The maximum atomic E-state index is 14.1. The molecule has 1 N–H and O–H groups in total. The van der Waals surface area contributed by atoms with Crippen LogP contribution in [0.3, 0.4) is 0 Å². The lowest BCUT2D eigenvalue weighted by atomic mass is 10.0. The van der Waals surface area contributed by atoms with Crippen molar-refractivity contribution in [2.24, 2.45) is 0 Å². The minimum atomic E-state index is -0.244. The zero-order chi connectivity index (χ0) is 13.8. The third-order valence-corrected chi connectivity index (χ3v) is 4.10. The molecule has 1 unspecified atom stereocenters.